The summed E-state index contributed by atoms with van der Waals surface area (Å²) < 4.78 is 3.44. The van der Waals surface area contributed by atoms with Crippen molar-refractivity contribution in [1.29, 1.82) is 0 Å². The zero-order valence-electron chi connectivity index (χ0n) is 13.8. The molecule has 1 saturated heterocycles. The van der Waals surface area contributed by atoms with Gasteiger partial charge in [0.15, 0.2) is 5.82 Å². The molecule has 128 valence electrons. The number of hydrogen-bond acceptors (Lipinski definition) is 5. The molecule has 1 aliphatic heterocycles. The van der Waals surface area contributed by atoms with Crippen LogP contribution >= 0.6 is 0 Å². The van der Waals surface area contributed by atoms with Crippen LogP contribution in [0.1, 0.15) is 29.6 Å². The minimum atomic E-state index is 0.0284. The van der Waals surface area contributed by atoms with Crippen LogP contribution in [0.5, 0.6) is 0 Å². The van der Waals surface area contributed by atoms with E-state index in [9.17, 15) is 4.79 Å². The number of carbonyl (C=O) groups excluding carboxylic acids is 1. The van der Waals surface area contributed by atoms with Crippen LogP contribution in [0.2, 0.25) is 0 Å². The molecule has 0 N–H and O–H groups in total. The molecule has 0 spiro atoms. The van der Waals surface area contributed by atoms with Gasteiger partial charge in [0.1, 0.15) is 12.7 Å². The van der Waals surface area contributed by atoms with Crippen LogP contribution in [-0.4, -0.2) is 52.9 Å². The van der Waals surface area contributed by atoms with Crippen LogP contribution in [0.25, 0.3) is 5.82 Å². The van der Waals surface area contributed by atoms with Gasteiger partial charge in [-0.25, -0.2) is 14.6 Å². The van der Waals surface area contributed by atoms with E-state index < -0.39 is 0 Å². The number of aromatic nitrogens is 6. The Kier molecular flexibility index (Phi) is 4.24. The number of piperidine rings is 1. The fourth-order valence-electron chi connectivity index (χ4n) is 3.25. The summed E-state index contributed by atoms with van der Waals surface area (Å²) in [5, 5.41) is 8.35. The van der Waals surface area contributed by atoms with E-state index in [1.54, 1.807) is 35.5 Å². The van der Waals surface area contributed by atoms with Crippen molar-refractivity contribution in [2.45, 2.75) is 31.8 Å². The monoisotopic (exact) mass is 337 g/mol. The van der Waals surface area contributed by atoms with Gasteiger partial charge in [-0.3, -0.25) is 9.48 Å². The fraction of sp³-hybridized carbons (Fsp3) is 0.353. The van der Waals surface area contributed by atoms with Crippen molar-refractivity contribution in [1.82, 2.24) is 34.4 Å². The van der Waals surface area contributed by atoms with Gasteiger partial charge in [-0.1, -0.05) is 0 Å². The number of amides is 1. The molecule has 1 unspecified atom stereocenters. The van der Waals surface area contributed by atoms with Gasteiger partial charge in [0.2, 0.25) is 0 Å². The minimum absolute atomic E-state index is 0.0284. The lowest BCUT2D eigenvalue weighted by Crippen LogP contribution is -2.46. The Morgan fingerprint density at radius 1 is 1.24 bits per heavy atom. The first-order valence-corrected chi connectivity index (χ1v) is 8.41. The van der Waals surface area contributed by atoms with Crippen molar-refractivity contribution in [2.75, 3.05) is 6.54 Å². The van der Waals surface area contributed by atoms with E-state index in [-0.39, 0.29) is 11.9 Å². The Morgan fingerprint density at radius 2 is 2.20 bits per heavy atom. The van der Waals surface area contributed by atoms with E-state index in [4.69, 9.17) is 0 Å². The average molecular weight is 337 g/mol. The Morgan fingerprint density at radius 3 is 3.00 bits per heavy atom. The second kappa shape index (κ2) is 6.84. The van der Waals surface area contributed by atoms with E-state index in [1.807, 2.05) is 21.8 Å². The quantitative estimate of drug-likeness (QED) is 0.721. The minimum Gasteiger partial charge on any atom is -0.334 e. The lowest BCUT2D eigenvalue weighted by atomic mass is 10.0. The van der Waals surface area contributed by atoms with E-state index in [0.717, 1.165) is 32.4 Å². The molecule has 8 heteroatoms. The molecule has 4 rings (SSSR count). The second-order valence-corrected chi connectivity index (χ2v) is 6.12. The first-order chi connectivity index (χ1) is 12.3. The summed E-state index contributed by atoms with van der Waals surface area (Å²) in [6, 6.07) is 5.57. The molecule has 1 fully saturated rings. The smallest absolute Gasteiger partial charge is 0.254 e. The van der Waals surface area contributed by atoms with Crippen LogP contribution in [-0.2, 0) is 6.54 Å². The normalized spacial score (nSPS) is 17.6. The molecular formula is C17H19N7O. The third-order valence-electron chi connectivity index (χ3n) is 4.49. The molecule has 4 heterocycles. The predicted molar refractivity (Wildman–Crippen MR) is 90.1 cm³/mol. The van der Waals surface area contributed by atoms with Crippen LogP contribution in [0.3, 0.4) is 0 Å². The molecule has 0 bridgehead atoms. The van der Waals surface area contributed by atoms with E-state index in [1.165, 1.54) is 6.33 Å². The number of rotatable bonds is 4. The molecule has 0 radical (unpaired) electrons. The van der Waals surface area contributed by atoms with Crippen molar-refractivity contribution >= 4 is 5.91 Å². The topological polar surface area (TPSA) is 81.7 Å². The van der Waals surface area contributed by atoms with Gasteiger partial charge < -0.3 is 4.90 Å². The zero-order chi connectivity index (χ0) is 17.1. The molecule has 3 aromatic heterocycles. The summed E-state index contributed by atoms with van der Waals surface area (Å²) >= 11 is 0. The van der Waals surface area contributed by atoms with Gasteiger partial charge >= 0.3 is 0 Å². The second-order valence-electron chi connectivity index (χ2n) is 6.12. The number of likely N-dealkylation sites (tertiary alicyclic amines) is 1. The lowest BCUT2D eigenvalue weighted by Gasteiger charge is -2.35. The lowest BCUT2D eigenvalue weighted by molar-refractivity contribution is 0.0583. The molecule has 3 aromatic rings. The van der Waals surface area contributed by atoms with Gasteiger partial charge in [-0.2, -0.15) is 10.2 Å². The van der Waals surface area contributed by atoms with Crippen LogP contribution in [0.15, 0.2) is 49.4 Å². The van der Waals surface area contributed by atoms with Gasteiger partial charge in [0.05, 0.1) is 12.6 Å². The molecular weight excluding hydrogens is 318 g/mol. The summed E-state index contributed by atoms with van der Waals surface area (Å²) in [6.07, 6.45) is 11.5. The van der Waals surface area contributed by atoms with Gasteiger partial charge in [-0.05, 0) is 37.5 Å². The SMILES string of the molecule is O=C(c1ccnc(-n2cncn2)c1)N1CCCCC1Cn1cccn1. The highest BCUT2D eigenvalue weighted by atomic mass is 16.2. The highest BCUT2D eigenvalue weighted by Gasteiger charge is 2.28. The average Bonchev–Trinajstić information content (AvgIpc) is 3.36. The Balaban J connectivity index is 1.57. The van der Waals surface area contributed by atoms with Crippen LogP contribution in [0, 0.1) is 0 Å². The predicted octanol–water partition coefficient (Wildman–Crippen LogP) is 1.55. The maximum Gasteiger partial charge on any atom is 0.254 e. The Labute approximate surface area is 145 Å². The molecule has 0 saturated carbocycles. The molecule has 25 heavy (non-hydrogen) atoms. The third kappa shape index (κ3) is 3.28. The maximum absolute atomic E-state index is 13.1. The number of nitrogens with zero attached hydrogens (tertiary/aromatic N) is 7. The van der Waals surface area contributed by atoms with E-state index in [0.29, 0.717) is 11.4 Å². The molecule has 0 aliphatic carbocycles. The highest BCUT2D eigenvalue weighted by molar-refractivity contribution is 5.94. The highest BCUT2D eigenvalue weighted by Crippen LogP contribution is 2.21. The first-order valence-electron chi connectivity index (χ1n) is 8.41. The van der Waals surface area contributed by atoms with E-state index >= 15 is 0 Å². The summed E-state index contributed by atoms with van der Waals surface area (Å²) in [5.74, 6) is 0.615. The zero-order valence-corrected chi connectivity index (χ0v) is 13.8. The van der Waals surface area contributed by atoms with Crippen molar-refractivity contribution in [2.24, 2.45) is 0 Å². The van der Waals surface area contributed by atoms with Crippen molar-refractivity contribution in [3.05, 3.63) is 55.0 Å². The number of hydrogen-bond donors (Lipinski definition) is 0. The Hall–Kier alpha value is -3.03. The Bertz CT molecular complexity index is 829. The summed E-state index contributed by atoms with van der Waals surface area (Å²) in [5.41, 5.74) is 0.618. The molecule has 1 aliphatic rings. The van der Waals surface area contributed by atoms with Crippen LogP contribution in [0.4, 0.5) is 0 Å². The standard InChI is InChI=1S/C17H19N7O/c25-17(14-5-7-19-16(10-14)24-13-18-12-21-24)23-9-2-1-4-15(23)11-22-8-3-6-20-22/h3,5-8,10,12-13,15H,1-2,4,9,11H2. The van der Waals surface area contributed by atoms with Crippen molar-refractivity contribution in [3.63, 3.8) is 0 Å². The van der Waals surface area contributed by atoms with Crippen molar-refractivity contribution < 1.29 is 4.79 Å². The first kappa shape index (κ1) is 15.5. The molecule has 8 nitrogen and oxygen atoms in total. The summed E-state index contributed by atoms with van der Waals surface area (Å²) in [7, 11) is 0. The number of carbonyl (C=O) groups is 1. The van der Waals surface area contributed by atoms with Gasteiger partial charge in [-0.15, -0.1) is 0 Å². The fourth-order valence-corrected chi connectivity index (χ4v) is 3.25. The van der Waals surface area contributed by atoms with E-state index in [2.05, 4.69) is 20.2 Å². The third-order valence-corrected chi connectivity index (χ3v) is 4.49. The van der Waals surface area contributed by atoms with Gasteiger partial charge in [0.25, 0.3) is 5.91 Å². The van der Waals surface area contributed by atoms with Crippen LogP contribution < -0.4 is 0 Å². The summed E-state index contributed by atoms with van der Waals surface area (Å²) in [6.45, 7) is 1.49. The maximum atomic E-state index is 13.1. The molecule has 0 aromatic carbocycles. The van der Waals surface area contributed by atoms with Gasteiger partial charge in [0, 0.05) is 30.7 Å². The van der Waals surface area contributed by atoms with Crippen molar-refractivity contribution in [3.8, 4) is 5.82 Å². The number of pyridine rings is 1. The molecule has 1 atom stereocenters. The summed E-state index contributed by atoms with van der Waals surface area (Å²) in [4.78, 5) is 23.2. The molecule has 1 amide bonds. The largest absolute Gasteiger partial charge is 0.334 e.